The third-order valence-corrected chi connectivity index (χ3v) is 5.93. The number of sulfone groups is 1. The first-order valence-corrected chi connectivity index (χ1v) is 7.55. The summed E-state index contributed by atoms with van der Waals surface area (Å²) in [6.07, 6.45) is 6.15. The first-order valence-electron chi connectivity index (χ1n) is 5.84. The second-order valence-electron chi connectivity index (χ2n) is 4.83. The Morgan fingerprint density at radius 2 is 1.73 bits per heavy atom. The molecule has 0 N–H and O–H groups in total. The first-order chi connectivity index (χ1) is 7.09. The van der Waals surface area contributed by atoms with Crippen molar-refractivity contribution in [3.8, 4) is 0 Å². The average Bonchev–Trinajstić information content (AvgIpc) is 2.75. The second-order valence-corrected chi connectivity index (χ2v) is 7.06. The Bertz CT molecular complexity index is 339. The Morgan fingerprint density at radius 3 is 2.27 bits per heavy atom. The Labute approximate surface area is 91.2 Å². The van der Waals surface area contributed by atoms with Crippen molar-refractivity contribution in [2.45, 2.75) is 50.2 Å². The molecule has 2 aliphatic rings. The minimum Gasteiger partial charge on any atom is -0.298 e. The molecule has 2 aliphatic carbocycles. The minimum atomic E-state index is -3.14. The van der Waals surface area contributed by atoms with Gasteiger partial charge < -0.3 is 0 Å². The van der Waals surface area contributed by atoms with E-state index in [4.69, 9.17) is 0 Å². The van der Waals surface area contributed by atoms with Crippen LogP contribution >= 0.6 is 0 Å². The van der Waals surface area contributed by atoms with Crippen molar-refractivity contribution in [3.05, 3.63) is 0 Å². The fraction of sp³-hybridized carbons (Fsp3) is 0.909. The van der Waals surface area contributed by atoms with Gasteiger partial charge in [-0.25, -0.2) is 8.42 Å². The second kappa shape index (κ2) is 4.24. The van der Waals surface area contributed by atoms with E-state index in [0.717, 1.165) is 32.1 Å². The average molecular weight is 230 g/mol. The molecule has 2 rings (SSSR count). The van der Waals surface area contributed by atoms with Gasteiger partial charge in [-0.2, -0.15) is 0 Å². The van der Waals surface area contributed by atoms with Crippen molar-refractivity contribution in [3.63, 3.8) is 0 Å². The molecule has 0 amide bonds. The molecule has 1 unspecified atom stereocenters. The Morgan fingerprint density at radius 1 is 1.07 bits per heavy atom. The van der Waals surface area contributed by atoms with Crippen LogP contribution in [0.4, 0.5) is 0 Å². The lowest BCUT2D eigenvalue weighted by atomic mass is 10.1. The molecule has 0 saturated heterocycles. The number of rotatable bonds is 3. The van der Waals surface area contributed by atoms with Gasteiger partial charge in [-0.15, -0.1) is 0 Å². The van der Waals surface area contributed by atoms with E-state index in [1.165, 1.54) is 0 Å². The molecule has 2 fully saturated rings. The number of carbonyl (C=O) groups excluding carboxylic acids is 1. The van der Waals surface area contributed by atoms with E-state index >= 15 is 0 Å². The molecule has 86 valence electrons. The smallest absolute Gasteiger partial charge is 0.160 e. The van der Waals surface area contributed by atoms with Gasteiger partial charge >= 0.3 is 0 Å². The maximum absolute atomic E-state index is 12.0. The van der Waals surface area contributed by atoms with Gasteiger partial charge in [0.2, 0.25) is 0 Å². The third kappa shape index (κ3) is 2.41. The van der Waals surface area contributed by atoms with Crippen LogP contribution < -0.4 is 0 Å². The van der Waals surface area contributed by atoms with Crippen molar-refractivity contribution in [2.75, 3.05) is 5.75 Å². The van der Waals surface area contributed by atoms with E-state index in [9.17, 15) is 13.2 Å². The molecule has 0 aromatic rings. The van der Waals surface area contributed by atoms with Crippen LogP contribution in [-0.4, -0.2) is 25.2 Å². The first kappa shape index (κ1) is 11.1. The van der Waals surface area contributed by atoms with E-state index in [1.54, 1.807) is 0 Å². The van der Waals surface area contributed by atoms with Gasteiger partial charge in [0.05, 0.1) is 5.75 Å². The predicted molar refractivity (Wildman–Crippen MR) is 58.4 cm³/mol. The van der Waals surface area contributed by atoms with Gasteiger partial charge in [0, 0.05) is 6.42 Å². The predicted octanol–water partition coefficient (Wildman–Crippen LogP) is 1.71. The molecule has 0 bridgehead atoms. The van der Waals surface area contributed by atoms with Crippen LogP contribution in [-0.2, 0) is 14.6 Å². The van der Waals surface area contributed by atoms with Crippen molar-refractivity contribution in [2.24, 2.45) is 5.92 Å². The van der Waals surface area contributed by atoms with Gasteiger partial charge in [0.15, 0.2) is 15.6 Å². The standard InChI is InChI=1S/C11H18O3S/c12-10-6-3-7-11(10)15(13,14)8-9-4-1-2-5-9/h9,11H,1-8H2. The van der Waals surface area contributed by atoms with Crippen molar-refractivity contribution >= 4 is 15.6 Å². The lowest BCUT2D eigenvalue weighted by molar-refractivity contribution is -0.117. The van der Waals surface area contributed by atoms with E-state index in [2.05, 4.69) is 0 Å². The molecule has 0 heterocycles. The van der Waals surface area contributed by atoms with Crippen molar-refractivity contribution < 1.29 is 13.2 Å². The van der Waals surface area contributed by atoms with E-state index in [-0.39, 0.29) is 11.5 Å². The Balaban J connectivity index is 2.02. The van der Waals surface area contributed by atoms with Gasteiger partial charge in [-0.1, -0.05) is 12.8 Å². The summed E-state index contributed by atoms with van der Waals surface area (Å²) in [5.41, 5.74) is 0. The summed E-state index contributed by atoms with van der Waals surface area (Å²) in [5, 5.41) is -0.655. The lowest BCUT2D eigenvalue weighted by Gasteiger charge is -2.13. The van der Waals surface area contributed by atoms with Crippen molar-refractivity contribution in [1.82, 2.24) is 0 Å². The van der Waals surface area contributed by atoms with Crippen LogP contribution in [0.25, 0.3) is 0 Å². The van der Waals surface area contributed by atoms with E-state index in [1.807, 2.05) is 0 Å². The molecule has 0 radical (unpaired) electrons. The number of hydrogen-bond acceptors (Lipinski definition) is 3. The number of carbonyl (C=O) groups is 1. The van der Waals surface area contributed by atoms with Crippen LogP contribution in [0.2, 0.25) is 0 Å². The maximum Gasteiger partial charge on any atom is 0.160 e. The highest BCUT2D eigenvalue weighted by Gasteiger charge is 2.37. The highest BCUT2D eigenvalue weighted by molar-refractivity contribution is 7.92. The van der Waals surface area contributed by atoms with E-state index in [0.29, 0.717) is 18.8 Å². The fourth-order valence-corrected chi connectivity index (χ4v) is 5.05. The van der Waals surface area contributed by atoms with Crippen LogP contribution in [0.5, 0.6) is 0 Å². The third-order valence-electron chi connectivity index (χ3n) is 3.62. The van der Waals surface area contributed by atoms with Crippen molar-refractivity contribution in [1.29, 1.82) is 0 Å². The monoisotopic (exact) mass is 230 g/mol. The van der Waals surface area contributed by atoms with Crippen LogP contribution in [0, 0.1) is 5.92 Å². The summed E-state index contributed by atoms with van der Waals surface area (Å²) < 4.78 is 24.0. The SMILES string of the molecule is O=C1CCCC1S(=O)(=O)CC1CCCC1. The maximum atomic E-state index is 12.0. The zero-order valence-electron chi connectivity index (χ0n) is 8.94. The molecule has 0 aromatic heterocycles. The Kier molecular flexibility index (Phi) is 3.14. The zero-order chi connectivity index (χ0) is 10.9. The molecule has 0 aromatic carbocycles. The van der Waals surface area contributed by atoms with Crippen LogP contribution in [0.3, 0.4) is 0 Å². The number of ketones is 1. The summed E-state index contributed by atoms with van der Waals surface area (Å²) in [6.45, 7) is 0. The summed E-state index contributed by atoms with van der Waals surface area (Å²) in [5.74, 6) is 0.528. The highest BCUT2D eigenvalue weighted by atomic mass is 32.2. The van der Waals surface area contributed by atoms with Crippen LogP contribution in [0.1, 0.15) is 44.9 Å². The Hall–Kier alpha value is -0.380. The van der Waals surface area contributed by atoms with Crippen LogP contribution in [0.15, 0.2) is 0 Å². The fourth-order valence-electron chi connectivity index (χ4n) is 2.79. The molecule has 2 saturated carbocycles. The highest BCUT2D eigenvalue weighted by Crippen LogP contribution is 2.30. The molecule has 4 heteroatoms. The molecular weight excluding hydrogens is 212 g/mol. The molecule has 1 atom stereocenters. The topological polar surface area (TPSA) is 51.2 Å². The quantitative estimate of drug-likeness (QED) is 0.741. The summed E-state index contributed by atoms with van der Waals surface area (Å²) >= 11 is 0. The van der Waals surface area contributed by atoms with E-state index < -0.39 is 15.1 Å². The number of Topliss-reactive ketones (excluding diaryl/α,β-unsaturated/α-hetero) is 1. The lowest BCUT2D eigenvalue weighted by Crippen LogP contribution is -2.30. The normalized spacial score (nSPS) is 28.8. The largest absolute Gasteiger partial charge is 0.298 e. The summed E-state index contributed by atoms with van der Waals surface area (Å²) in [6, 6.07) is 0. The molecule has 0 aliphatic heterocycles. The van der Waals surface area contributed by atoms with Gasteiger partial charge in [-0.3, -0.25) is 4.79 Å². The summed E-state index contributed by atoms with van der Waals surface area (Å²) in [7, 11) is -3.14. The number of hydrogen-bond donors (Lipinski definition) is 0. The molecule has 3 nitrogen and oxygen atoms in total. The summed E-state index contributed by atoms with van der Waals surface area (Å²) in [4.78, 5) is 11.4. The molecule has 15 heavy (non-hydrogen) atoms. The van der Waals surface area contributed by atoms with Gasteiger partial charge in [0.25, 0.3) is 0 Å². The zero-order valence-corrected chi connectivity index (χ0v) is 9.76. The minimum absolute atomic E-state index is 0.0482. The molecule has 0 spiro atoms. The molecular formula is C11H18O3S. The van der Waals surface area contributed by atoms with Gasteiger partial charge in [-0.05, 0) is 31.6 Å². The van der Waals surface area contributed by atoms with Gasteiger partial charge in [0.1, 0.15) is 5.25 Å².